The van der Waals surface area contributed by atoms with Crippen LogP contribution in [0.1, 0.15) is 21.6 Å². The molecule has 2 N–H and O–H groups in total. The van der Waals surface area contributed by atoms with Gasteiger partial charge in [0.05, 0.1) is 11.2 Å². The van der Waals surface area contributed by atoms with E-state index in [1.54, 1.807) is 11.6 Å². The molecule has 2 heterocycles. The van der Waals surface area contributed by atoms with E-state index in [-0.39, 0.29) is 5.91 Å². The maximum Gasteiger partial charge on any atom is 0.258 e. The van der Waals surface area contributed by atoms with Crippen molar-refractivity contribution in [3.8, 4) is 0 Å². The van der Waals surface area contributed by atoms with Crippen LogP contribution in [0.3, 0.4) is 0 Å². The molecular weight excluding hydrogens is 334 g/mol. The molecule has 0 saturated heterocycles. The molecular formula is C18H13N5OS. The zero-order valence-corrected chi connectivity index (χ0v) is 13.8. The minimum Gasteiger partial charge on any atom is -0.296 e. The number of hydrogen-bond donors (Lipinski definition) is 2. The second kappa shape index (κ2) is 6.66. The number of carbonyl (C=O) groups excluding carboxylic acids is 1. The van der Waals surface area contributed by atoms with Crippen LogP contribution in [-0.4, -0.2) is 26.3 Å². The molecule has 0 atom stereocenters. The summed E-state index contributed by atoms with van der Waals surface area (Å²) in [5.74, 6) is -0.219. The van der Waals surface area contributed by atoms with E-state index in [2.05, 4.69) is 25.7 Å². The van der Waals surface area contributed by atoms with Crippen molar-refractivity contribution in [1.29, 1.82) is 0 Å². The summed E-state index contributed by atoms with van der Waals surface area (Å²) >= 11 is 1.28. The van der Waals surface area contributed by atoms with Gasteiger partial charge >= 0.3 is 0 Å². The van der Waals surface area contributed by atoms with Gasteiger partial charge in [0.1, 0.15) is 5.51 Å². The second-order valence-corrected chi connectivity index (χ2v) is 6.11. The van der Waals surface area contributed by atoms with Crippen LogP contribution in [-0.2, 0) is 0 Å². The molecule has 0 radical (unpaired) electrons. The zero-order valence-electron chi connectivity index (χ0n) is 13.0. The quantitative estimate of drug-likeness (QED) is 0.587. The highest BCUT2D eigenvalue weighted by Crippen LogP contribution is 2.19. The predicted molar refractivity (Wildman–Crippen MR) is 99.3 cm³/mol. The number of H-pyrrole nitrogens is 1. The first-order valence-electron chi connectivity index (χ1n) is 7.59. The molecule has 4 aromatic rings. The summed E-state index contributed by atoms with van der Waals surface area (Å²) in [6, 6.07) is 15.3. The molecule has 0 saturated carbocycles. The molecule has 0 bridgehead atoms. The van der Waals surface area contributed by atoms with Gasteiger partial charge in [-0.3, -0.25) is 15.2 Å². The lowest BCUT2D eigenvalue weighted by molar-refractivity contribution is 0.102. The maximum absolute atomic E-state index is 12.5. The SMILES string of the molecule is O=C(Nc1nncs1)c1ccccc1/C=C/c1n[nH]c2ccccc12. The van der Waals surface area contributed by atoms with Gasteiger partial charge in [0.25, 0.3) is 5.91 Å². The number of anilines is 1. The third-order valence-electron chi connectivity index (χ3n) is 3.71. The Kier molecular flexibility index (Phi) is 4.05. The second-order valence-electron chi connectivity index (χ2n) is 5.27. The topological polar surface area (TPSA) is 83.6 Å². The Morgan fingerprint density at radius 1 is 1.08 bits per heavy atom. The summed E-state index contributed by atoms with van der Waals surface area (Å²) in [4.78, 5) is 12.5. The number of hydrogen-bond acceptors (Lipinski definition) is 5. The van der Waals surface area contributed by atoms with Crippen molar-refractivity contribution >= 4 is 45.4 Å². The van der Waals surface area contributed by atoms with Crippen molar-refractivity contribution in [3.05, 3.63) is 70.9 Å². The maximum atomic E-state index is 12.5. The number of para-hydroxylation sites is 1. The lowest BCUT2D eigenvalue weighted by Crippen LogP contribution is -2.13. The van der Waals surface area contributed by atoms with Gasteiger partial charge in [-0.1, -0.05) is 53.8 Å². The third kappa shape index (κ3) is 3.17. The van der Waals surface area contributed by atoms with Crippen molar-refractivity contribution in [1.82, 2.24) is 20.4 Å². The molecule has 0 unspecified atom stereocenters. The molecule has 4 rings (SSSR count). The highest BCUT2D eigenvalue weighted by atomic mass is 32.1. The first-order valence-corrected chi connectivity index (χ1v) is 8.47. The van der Waals surface area contributed by atoms with Crippen LogP contribution >= 0.6 is 11.3 Å². The Labute approximate surface area is 147 Å². The number of amides is 1. The van der Waals surface area contributed by atoms with E-state index in [9.17, 15) is 4.79 Å². The van der Waals surface area contributed by atoms with E-state index in [0.717, 1.165) is 22.2 Å². The van der Waals surface area contributed by atoms with Crippen molar-refractivity contribution in [2.75, 3.05) is 5.32 Å². The Morgan fingerprint density at radius 2 is 1.92 bits per heavy atom. The molecule has 2 aromatic carbocycles. The van der Waals surface area contributed by atoms with Gasteiger partial charge in [-0.05, 0) is 23.8 Å². The van der Waals surface area contributed by atoms with Crippen molar-refractivity contribution in [3.63, 3.8) is 0 Å². The molecule has 0 spiro atoms. The molecule has 25 heavy (non-hydrogen) atoms. The largest absolute Gasteiger partial charge is 0.296 e. The van der Waals surface area contributed by atoms with Crippen LogP contribution in [0.5, 0.6) is 0 Å². The summed E-state index contributed by atoms with van der Waals surface area (Å²) in [7, 11) is 0. The minimum atomic E-state index is -0.219. The molecule has 0 aliphatic heterocycles. The van der Waals surface area contributed by atoms with Crippen LogP contribution < -0.4 is 5.32 Å². The summed E-state index contributed by atoms with van der Waals surface area (Å²) in [6.07, 6.45) is 3.79. The number of nitrogens with one attached hydrogen (secondary N) is 2. The number of carbonyl (C=O) groups is 1. The van der Waals surface area contributed by atoms with Gasteiger partial charge in [-0.2, -0.15) is 5.10 Å². The van der Waals surface area contributed by atoms with Crippen LogP contribution in [0.25, 0.3) is 23.1 Å². The summed E-state index contributed by atoms with van der Waals surface area (Å²) in [5.41, 5.74) is 4.74. The van der Waals surface area contributed by atoms with Crippen molar-refractivity contribution < 1.29 is 4.79 Å². The van der Waals surface area contributed by atoms with E-state index in [1.165, 1.54) is 11.3 Å². The summed E-state index contributed by atoms with van der Waals surface area (Å²) < 4.78 is 0. The molecule has 0 aliphatic rings. The van der Waals surface area contributed by atoms with E-state index >= 15 is 0 Å². The number of aromatic nitrogens is 4. The van der Waals surface area contributed by atoms with Crippen LogP contribution in [0.15, 0.2) is 54.0 Å². The van der Waals surface area contributed by atoms with Gasteiger partial charge in [-0.25, -0.2) is 0 Å². The van der Waals surface area contributed by atoms with Crippen molar-refractivity contribution in [2.45, 2.75) is 0 Å². The van der Waals surface area contributed by atoms with E-state index < -0.39 is 0 Å². The van der Waals surface area contributed by atoms with Gasteiger partial charge in [0, 0.05) is 10.9 Å². The third-order valence-corrected chi connectivity index (χ3v) is 4.31. The van der Waals surface area contributed by atoms with Gasteiger partial charge < -0.3 is 0 Å². The smallest absolute Gasteiger partial charge is 0.258 e. The molecule has 1 amide bonds. The van der Waals surface area contributed by atoms with Crippen LogP contribution in [0.2, 0.25) is 0 Å². The number of nitrogens with zero attached hydrogens (tertiary/aromatic N) is 3. The molecule has 6 nitrogen and oxygen atoms in total. The first kappa shape index (κ1) is 15.2. The standard InChI is InChI=1S/C18H13N5OS/c24-17(20-18-23-19-11-25-18)13-6-2-1-5-12(13)9-10-16-14-7-3-4-8-15(14)21-22-16/h1-11H,(H,21,22)(H,20,23,24)/b10-9+. The molecule has 2 aromatic heterocycles. The summed E-state index contributed by atoms with van der Waals surface area (Å²) in [6.45, 7) is 0. The van der Waals surface area contributed by atoms with Gasteiger partial charge in [0.15, 0.2) is 0 Å². The normalized spacial score (nSPS) is 11.2. The van der Waals surface area contributed by atoms with Crippen LogP contribution in [0, 0.1) is 0 Å². The number of aromatic amines is 1. The first-order chi connectivity index (χ1) is 12.3. The highest BCUT2D eigenvalue weighted by molar-refractivity contribution is 7.13. The lowest BCUT2D eigenvalue weighted by atomic mass is 10.1. The Hall–Kier alpha value is -3.32. The summed E-state index contributed by atoms with van der Waals surface area (Å²) in [5, 5.41) is 19.1. The fourth-order valence-electron chi connectivity index (χ4n) is 2.52. The molecule has 122 valence electrons. The minimum absolute atomic E-state index is 0.219. The lowest BCUT2D eigenvalue weighted by Gasteiger charge is -2.05. The van der Waals surface area contributed by atoms with E-state index in [0.29, 0.717) is 10.7 Å². The monoisotopic (exact) mass is 347 g/mol. The highest BCUT2D eigenvalue weighted by Gasteiger charge is 2.11. The van der Waals surface area contributed by atoms with Crippen LogP contribution in [0.4, 0.5) is 5.13 Å². The fraction of sp³-hybridized carbons (Fsp3) is 0. The van der Waals surface area contributed by atoms with Gasteiger partial charge in [0.2, 0.25) is 5.13 Å². The Morgan fingerprint density at radius 3 is 2.80 bits per heavy atom. The molecule has 0 aliphatic carbocycles. The average Bonchev–Trinajstić information content (AvgIpc) is 3.30. The fourth-order valence-corrected chi connectivity index (χ4v) is 2.96. The Balaban J connectivity index is 1.63. The zero-order chi connectivity index (χ0) is 17.1. The molecule has 7 heteroatoms. The number of rotatable bonds is 4. The van der Waals surface area contributed by atoms with E-state index in [1.807, 2.05) is 54.6 Å². The van der Waals surface area contributed by atoms with Crippen molar-refractivity contribution in [2.24, 2.45) is 0 Å². The Bertz CT molecular complexity index is 1050. The number of benzene rings is 2. The predicted octanol–water partition coefficient (Wildman–Crippen LogP) is 3.84. The molecule has 0 fully saturated rings. The van der Waals surface area contributed by atoms with Gasteiger partial charge in [-0.15, -0.1) is 10.2 Å². The van der Waals surface area contributed by atoms with E-state index in [4.69, 9.17) is 0 Å². The average molecular weight is 347 g/mol. The number of fused-ring (bicyclic) bond motifs is 1.